The van der Waals surface area contributed by atoms with Gasteiger partial charge in [0.1, 0.15) is 0 Å². The maximum absolute atomic E-state index is 5.50. The van der Waals surface area contributed by atoms with Crippen LogP contribution in [0.25, 0.3) is 0 Å². The third-order valence-electron chi connectivity index (χ3n) is 4.73. The number of likely N-dealkylation sites (tertiary alicyclic amines) is 1. The predicted molar refractivity (Wildman–Crippen MR) is 96.7 cm³/mol. The first-order chi connectivity index (χ1) is 11.3. The molecule has 1 aromatic rings. The number of piperidine rings is 1. The molecule has 5 nitrogen and oxygen atoms in total. The van der Waals surface area contributed by atoms with Crippen LogP contribution in [0.4, 0.5) is 11.4 Å². The van der Waals surface area contributed by atoms with Crippen molar-refractivity contribution in [3.05, 3.63) is 24.3 Å². The van der Waals surface area contributed by atoms with E-state index in [2.05, 4.69) is 51.0 Å². The Balaban J connectivity index is 1.84. The lowest BCUT2D eigenvalue weighted by atomic mass is 10.1. The zero-order valence-electron chi connectivity index (χ0n) is 14.4. The minimum atomic E-state index is 0.804. The van der Waals surface area contributed by atoms with Crippen LogP contribution in [0.2, 0.25) is 0 Å². The molecule has 2 aliphatic heterocycles. The van der Waals surface area contributed by atoms with E-state index in [0.717, 1.165) is 45.4 Å². The Hall–Kier alpha value is -1.75. The summed E-state index contributed by atoms with van der Waals surface area (Å²) in [5.74, 6) is 1.07. The standard InChI is InChI=1S/C18H28N4O/c1-19-18(22-10-6-3-7-11-22)20(2)16-8-4-5-9-17(16)21-12-14-23-15-13-21/h4-5,8-9H,3,6-7,10-15H2,1-2H3. The van der Waals surface area contributed by atoms with Crippen molar-refractivity contribution in [1.82, 2.24) is 4.90 Å². The fourth-order valence-electron chi connectivity index (χ4n) is 3.52. The molecule has 0 N–H and O–H groups in total. The molecule has 23 heavy (non-hydrogen) atoms. The van der Waals surface area contributed by atoms with Crippen LogP contribution in [0, 0.1) is 0 Å². The molecule has 0 spiro atoms. The Morgan fingerprint density at radius 2 is 1.74 bits per heavy atom. The van der Waals surface area contributed by atoms with Gasteiger partial charge in [0.15, 0.2) is 0 Å². The Morgan fingerprint density at radius 1 is 1.04 bits per heavy atom. The van der Waals surface area contributed by atoms with E-state index in [9.17, 15) is 0 Å². The fourth-order valence-corrected chi connectivity index (χ4v) is 3.52. The molecule has 0 atom stereocenters. The van der Waals surface area contributed by atoms with Gasteiger partial charge in [-0.2, -0.15) is 0 Å². The van der Waals surface area contributed by atoms with Gasteiger partial charge in [-0.05, 0) is 31.4 Å². The second-order valence-electron chi connectivity index (χ2n) is 6.22. The van der Waals surface area contributed by atoms with Gasteiger partial charge < -0.3 is 19.4 Å². The number of benzene rings is 1. The van der Waals surface area contributed by atoms with Gasteiger partial charge in [0.05, 0.1) is 24.6 Å². The monoisotopic (exact) mass is 316 g/mol. The smallest absolute Gasteiger partial charge is 0.200 e. The van der Waals surface area contributed by atoms with Gasteiger partial charge in [0.25, 0.3) is 0 Å². The zero-order chi connectivity index (χ0) is 16.1. The van der Waals surface area contributed by atoms with E-state index in [4.69, 9.17) is 4.74 Å². The van der Waals surface area contributed by atoms with Crippen LogP contribution < -0.4 is 9.80 Å². The summed E-state index contributed by atoms with van der Waals surface area (Å²) in [6.07, 6.45) is 3.86. The Morgan fingerprint density at radius 3 is 2.43 bits per heavy atom. The number of nitrogens with zero attached hydrogens (tertiary/aromatic N) is 4. The number of guanidine groups is 1. The molecule has 2 heterocycles. The summed E-state index contributed by atoms with van der Waals surface area (Å²) < 4.78 is 5.50. The highest BCUT2D eigenvalue weighted by molar-refractivity contribution is 5.98. The fraction of sp³-hybridized carbons (Fsp3) is 0.611. The minimum Gasteiger partial charge on any atom is -0.378 e. The molecule has 0 aromatic heterocycles. The first-order valence-electron chi connectivity index (χ1n) is 8.68. The van der Waals surface area contributed by atoms with Crippen molar-refractivity contribution in [3.8, 4) is 0 Å². The zero-order valence-corrected chi connectivity index (χ0v) is 14.4. The Kier molecular flexibility index (Phi) is 5.39. The maximum atomic E-state index is 5.50. The van der Waals surface area contributed by atoms with Gasteiger partial charge in [-0.3, -0.25) is 4.99 Å². The molecule has 0 aliphatic carbocycles. The van der Waals surface area contributed by atoms with E-state index in [1.807, 2.05) is 7.05 Å². The van der Waals surface area contributed by atoms with Crippen molar-refractivity contribution >= 4 is 17.3 Å². The largest absolute Gasteiger partial charge is 0.378 e. The van der Waals surface area contributed by atoms with Crippen LogP contribution in [0.3, 0.4) is 0 Å². The quantitative estimate of drug-likeness (QED) is 0.619. The van der Waals surface area contributed by atoms with E-state index in [0.29, 0.717) is 0 Å². The maximum Gasteiger partial charge on any atom is 0.200 e. The van der Waals surface area contributed by atoms with Gasteiger partial charge in [0.2, 0.25) is 5.96 Å². The molecule has 0 amide bonds. The average Bonchev–Trinajstić information content (AvgIpc) is 2.64. The second-order valence-corrected chi connectivity index (χ2v) is 6.22. The van der Waals surface area contributed by atoms with Crippen LogP contribution in [-0.2, 0) is 4.74 Å². The molecule has 126 valence electrons. The lowest BCUT2D eigenvalue weighted by molar-refractivity contribution is 0.123. The molecule has 5 heteroatoms. The molecule has 2 saturated heterocycles. The molecule has 0 bridgehead atoms. The van der Waals surface area contributed by atoms with Crippen molar-refractivity contribution in [2.45, 2.75) is 19.3 Å². The predicted octanol–water partition coefficient (Wildman–Crippen LogP) is 2.43. The number of aliphatic imine (C=N–C) groups is 1. The van der Waals surface area contributed by atoms with Crippen molar-refractivity contribution < 1.29 is 4.74 Å². The van der Waals surface area contributed by atoms with E-state index in [1.54, 1.807) is 0 Å². The lowest BCUT2D eigenvalue weighted by Crippen LogP contribution is -2.46. The van der Waals surface area contributed by atoms with Crippen LogP contribution in [-0.4, -0.2) is 64.3 Å². The first kappa shape index (κ1) is 16.1. The SMILES string of the molecule is CN=C(N1CCCCC1)N(C)c1ccccc1N1CCOCC1. The first-order valence-corrected chi connectivity index (χ1v) is 8.68. The number of hydrogen-bond acceptors (Lipinski definition) is 3. The molecule has 2 aliphatic rings. The molecule has 2 fully saturated rings. The summed E-state index contributed by atoms with van der Waals surface area (Å²) in [7, 11) is 4.04. The molecule has 3 rings (SSSR count). The Labute approximate surface area is 139 Å². The summed E-state index contributed by atoms with van der Waals surface area (Å²) >= 11 is 0. The number of rotatable bonds is 2. The summed E-state index contributed by atoms with van der Waals surface area (Å²) in [6, 6.07) is 8.63. The highest BCUT2D eigenvalue weighted by Gasteiger charge is 2.22. The highest BCUT2D eigenvalue weighted by Crippen LogP contribution is 2.30. The van der Waals surface area contributed by atoms with Crippen molar-refractivity contribution in [2.24, 2.45) is 4.99 Å². The minimum absolute atomic E-state index is 0.804. The number of ether oxygens (including phenoxy) is 1. The third-order valence-corrected chi connectivity index (χ3v) is 4.73. The summed E-state index contributed by atoms with van der Waals surface area (Å²) in [4.78, 5) is 11.7. The van der Waals surface area contributed by atoms with E-state index in [-0.39, 0.29) is 0 Å². The van der Waals surface area contributed by atoms with E-state index < -0.39 is 0 Å². The van der Waals surface area contributed by atoms with E-state index >= 15 is 0 Å². The molecule has 1 aromatic carbocycles. The highest BCUT2D eigenvalue weighted by atomic mass is 16.5. The molecule has 0 saturated carbocycles. The van der Waals surface area contributed by atoms with Crippen molar-refractivity contribution in [3.63, 3.8) is 0 Å². The third kappa shape index (κ3) is 3.61. The van der Waals surface area contributed by atoms with Crippen molar-refractivity contribution in [2.75, 3.05) is 63.3 Å². The van der Waals surface area contributed by atoms with Gasteiger partial charge in [-0.25, -0.2) is 0 Å². The number of anilines is 2. The summed E-state index contributed by atoms with van der Waals surface area (Å²) in [5, 5.41) is 0. The normalized spacial score (nSPS) is 19.8. The number of morpholine rings is 1. The van der Waals surface area contributed by atoms with Crippen LogP contribution in [0.1, 0.15) is 19.3 Å². The average molecular weight is 316 g/mol. The molecule has 0 radical (unpaired) electrons. The molecule has 0 unspecified atom stereocenters. The number of hydrogen-bond donors (Lipinski definition) is 0. The lowest BCUT2D eigenvalue weighted by Gasteiger charge is -2.37. The Bertz CT molecular complexity index is 534. The van der Waals surface area contributed by atoms with Gasteiger partial charge in [-0.1, -0.05) is 12.1 Å². The number of para-hydroxylation sites is 2. The van der Waals surface area contributed by atoms with Gasteiger partial charge in [0, 0.05) is 40.3 Å². The van der Waals surface area contributed by atoms with Crippen LogP contribution >= 0.6 is 0 Å². The van der Waals surface area contributed by atoms with Crippen LogP contribution in [0.15, 0.2) is 29.3 Å². The summed E-state index contributed by atoms with van der Waals surface area (Å²) in [6.45, 7) is 5.73. The molecular formula is C18H28N4O. The topological polar surface area (TPSA) is 31.3 Å². The molecular weight excluding hydrogens is 288 g/mol. The van der Waals surface area contributed by atoms with E-state index in [1.165, 1.54) is 30.6 Å². The van der Waals surface area contributed by atoms with Gasteiger partial charge in [-0.15, -0.1) is 0 Å². The van der Waals surface area contributed by atoms with Gasteiger partial charge >= 0.3 is 0 Å². The summed E-state index contributed by atoms with van der Waals surface area (Å²) in [5.41, 5.74) is 2.50. The van der Waals surface area contributed by atoms with Crippen LogP contribution in [0.5, 0.6) is 0 Å². The van der Waals surface area contributed by atoms with Crippen molar-refractivity contribution in [1.29, 1.82) is 0 Å². The second kappa shape index (κ2) is 7.68.